The molecule has 0 spiro atoms. The molecule has 0 aromatic rings. The van der Waals surface area contributed by atoms with Crippen molar-refractivity contribution in [2.75, 3.05) is 6.54 Å². The molecule has 3 heteroatoms. The molecular weight excluding hydrogens is 212 g/mol. The Bertz CT molecular complexity index is 274. The summed E-state index contributed by atoms with van der Waals surface area (Å²) in [7, 11) is 0. The summed E-state index contributed by atoms with van der Waals surface area (Å²) in [6, 6.07) is 0.198. The molecule has 0 aliphatic heterocycles. The van der Waals surface area contributed by atoms with Crippen LogP contribution < -0.4 is 11.1 Å². The number of nitrogens with one attached hydrogen (secondary N) is 1. The Morgan fingerprint density at radius 3 is 2.47 bits per heavy atom. The first kappa shape index (κ1) is 12.6. The number of carbonyl (C=O) groups is 1. The van der Waals surface area contributed by atoms with E-state index in [0.717, 1.165) is 12.8 Å². The van der Waals surface area contributed by atoms with Gasteiger partial charge in [0.25, 0.3) is 0 Å². The second-order valence-electron chi connectivity index (χ2n) is 5.39. The molecular formula is C14H24N2O. The molecule has 1 atom stereocenters. The molecule has 1 amide bonds. The van der Waals surface area contributed by atoms with E-state index in [2.05, 4.69) is 17.5 Å². The third kappa shape index (κ3) is 3.32. The van der Waals surface area contributed by atoms with Crippen molar-refractivity contribution in [3.05, 3.63) is 12.2 Å². The van der Waals surface area contributed by atoms with Crippen LogP contribution in [0.2, 0.25) is 0 Å². The predicted molar refractivity (Wildman–Crippen MR) is 69.4 cm³/mol. The van der Waals surface area contributed by atoms with E-state index in [0.29, 0.717) is 12.5 Å². The second kappa shape index (κ2) is 6.20. The molecule has 96 valence electrons. The Balaban J connectivity index is 1.83. The number of allylic oxidation sites excluding steroid dienone is 2. The van der Waals surface area contributed by atoms with Gasteiger partial charge in [-0.1, -0.05) is 31.4 Å². The third-order valence-corrected chi connectivity index (χ3v) is 4.18. The van der Waals surface area contributed by atoms with Crippen LogP contribution in [0.25, 0.3) is 0 Å². The van der Waals surface area contributed by atoms with Gasteiger partial charge in [0, 0.05) is 18.5 Å². The molecule has 3 N–H and O–H groups in total. The summed E-state index contributed by atoms with van der Waals surface area (Å²) in [6.45, 7) is 0.580. The lowest BCUT2D eigenvalue weighted by atomic mass is 9.83. The highest BCUT2D eigenvalue weighted by Gasteiger charge is 2.27. The Kier molecular flexibility index (Phi) is 4.60. The molecule has 1 fully saturated rings. The largest absolute Gasteiger partial charge is 0.352 e. The van der Waals surface area contributed by atoms with E-state index in [1.165, 1.54) is 32.1 Å². The average molecular weight is 236 g/mol. The van der Waals surface area contributed by atoms with Crippen molar-refractivity contribution in [2.24, 2.45) is 17.6 Å². The van der Waals surface area contributed by atoms with Crippen LogP contribution in [0.3, 0.4) is 0 Å². The van der Waals surface area contributed by atoms with Crippen molar-refractivity contribution in [2.45, 2.75) is 51.0 Å². The Hall–Kier alpha value is -0.830. The first-order chi connectivity index (χ1) is 8.31. The summed E-state index contributed by atoms with van der Waals surface area (Å²) < 4.78 is 0. The van der Waals surface area contributed by atoms with Gasteiger partial charge in [-0.3, -0.25) is 4.79 Å². The van der Waals surface area contributed by atoms with Gasteiger partial charge in [-0.05, 0) is 31.6 Å². The summed E-state index contributed by atoms with van der Waals surface area (Å²) in [5.74, 6) is 0.968. The standard InChI is InChI=1S/C14H24N2O/c15-10-13(11-6-2-1-3-7-11)16-14(17)12-8-4-5-9-12/h4-5,11-13H,1-3,6-10,15H2,(H,16,17). The third-order valence-electron chi connectivity index (χ3n) is 4.18. The van der Waals surface area contributed by atoms with E-state index in [9.17, 15) is 4.79 Å². The van der Waals surface area contributed by atoms with Crippen LogP contribution in [0.4, 0.5) is 0 Å². The van der Waals surface area contributed by atoms with Gasteiger partial charge in [-0.2, -0.15) is 0 Å². The molecule has 0 aromatic heterocycles. The zero-order chi connectivity index (χ0) is 12.1. The number of carbonyl (C=O) groups excluding carboxylic acids is 1. The van der Waals surface area contributed by atoms with Crippen LogP contribution in [-0.4, -0.2) is 18.5 Å². The normalized spacial score (nSPS) is 23.8. The molecule has 0 bridgehead atoms. The van der Waals surface area contributed by atoms with Gasteiger partial charge in [-0.25, -0.2) is 0 Å². The fourth-order valence-electron chi connectivity index (χ4n) is 3.04. The summed E-state index contributed by atoms with van der Waals surface area (Å²) in [4.78, 5) is 12.1. The van der Waals surface area contributed by atoms with Gasteiger partial charge >= 0.3 is 0 Å². The summed E-state index contributed by atoms with van der Waals surface area (Å²) in [5, 5.41) is 3.17. The zero-order valence-electron chi connectivity index (χ0n) is 10.5. The van der Waals surface area contributed by atoms with Gasteiger partial charge < -0.3 is 11.1 Å². The quantitative estimate of drug-likeness (QED) is 0.733. The van der Waals surface area contributed by atoms with E-state index < -0.39 is 0 Å². The van der Waals surface area contributed by atoms with Gasteiger partial charge in [0.15, 0.2) is 0 Å². The molecule has 1 unspecified atom stereocenters. The molecule has 3 nitrogen and oxygen atoms in total. The van der Waals surface area contributed by atoms with Crippen molar-refractivity contribution in [3.8, 4) is 0 Å². The zero-order valence-corrected chi connectivity index (χ0v) is 10.5. The lowest BCUT2D eigenvalue weighted by Crippen LogP contribution is -2.47. The second-order valence-corrected chi connectivity index (χ2v) is 5.39. The van der Waals surface area contributed by atoms with Gasteiger partial charge in [0.1, 0.15) is 0 Å². The number of rotatable bonds is 4. The van der Waals surface area contributed by atoms with Crippen molar-refractivity contribution < 1.29 is 4.79 Å². The molecule has 2 aliphatic rings. The monoisotopic (exact) mass is 236 g/mol. The number of amides is 1. The Morgan fingerprint density at radius 1 is 1.24 bits per heavy atom. The van der Waals surface area contributed by atoms with Crippen LogP contribution in [0.1, 0.15) is 44.9 Å². The highest BCUT2D eigenvalue weighted by molar-refractivity contribution is 5.79. The molecule has 17 heavy (non-hydrogen) atoms. The number of hydrogen-bond acceptors (Lipinski definition) is 2. The summed E-state index contributed by atoms with van der Waals surface area (Å²) in [5.41, 5.74) is 5.82. The average Bonchev–Trinajstić information content (AvgIpc) is 2.90. The molecule has 0 aromatic carbocycles. The summed E-state index contributed by atoms with van der Waals surface area (Å²) >= 11 is 0. The Labute approximate surface area is 104 Å². The van der Waals surface area contributed by atoms with Crippen molar-refractivity contribution >= 4 is 5.91 Å². The topological polar surface area (TPSA) is 55.1 Å². The van der Waals surface area contributed by atoms with E-state index >= 15 is 0 Å². The van der Waals surface area contributed by atoms with Crippen LogP contribution in [0.15, 0.2) is 12.2 Å². The number of hydrogen-bond donors (Lipinski definition) is 2. The van der Waals surface area contributed by atoms with E-state index in [1.54, 1.807) is 0 Å². The molecule has 0 saturated heterocycles. The van der Waals surface area contributed by atoms with E-state index in [4.69, 9.17) is 5.73 Å². The smallest absolute Gasteiger partial charge is 0.224 e. The number of nitrogens with two attached hydrogens (primary N) is 1. The minimum absolute atomic E-state index is 0.160. The molecule has 2 aliphatic carbocycles. The fourth-order valence-corrected chi connectivity index (χ4v) is 3.04. The fraction of sp³-hybridized carbons (Fsp3) is 0.786. The van der Waals surface area contributed by atoms with E-state index in [-0.39, 0.29) is 17.9 Å². The van der Waals surface area contributed by atoms with Crippen molar-refractivity contribution in [1.82, 2.24) is 5.32 Å². The first-order valence-electron chi connectivity index (χ1n) is 6.96. The highest BCUT2D eigenvalue weighted by Crippen LogP contribution is 2.27. The van der Waals surface area contributed by atoms with Gasteiger partial charge in [0.05, 0.1) is 0 Å². The van der Waals surface area contributed by atoms with E-state index in [1.807, 2.05) is 0 Å². The van der Waals surface area contributed by atoms with Crippen molar-refractivity contribution in [1.29, 1.82) is 0 Å². The lowest BCUT2D eigenvalue weighted by Gasteiger charge is -2.30. The highest BCUT2D eigenvalue weighted by atomic mass is 16.1. The Morgan fingerprint density at radius 2 is 1.88 bits per heavy atom. The molecule has 1 saturated carbocycles. The minimum Gasteiger partial charge on any atom is -0.352 e. The van der Waals surface area contributed by atoms with Gasteiger partial charge in [0.2, 0.25) is 5.91 Å². The molecule has 2 rings (SSSR count). The maximum Gasteiger partial charge on any atom is 0.224 e. The lowest BCUT2D eigenvalue weighted by molar-refractivity contribution is -0.125. The molecule has 0 radical (unpaired) electrons. The maximum absolute atomic E-state index is 12.1. The van der Waals surface area contributed by atoms with Crippen LogP contribution >= 0.6 is 0 Å². The van der Waals surface area contributed by atoms with Crippen LogP contribution in [0, 0.1) is 11.8 Å². The SMILES string of the molecule is NCC(NC(=O)C1CC=CC1)C1CCCCC1. The maximum atomic E-state index is 12.1. The minimum atomic E-state index is 0.160. The van der Waals surface area contributed by atoms with Crippen LogP contribution in [-0.2, 0) is 4.79 Å². The molecule has 0 heterocycles. The van der Waals surface area contributed by atoms with Gasteiger partial charge in [-0.15, -0.1) is 0 Å². The predicted octanol–water partition coefficient (Wildman–Crippen LogP) is 1.98. The summed E-state index contributed by atoms with van der Waals surface area (Å²) in [6.07, 6.45) is 12.4. The first-order valence-corrected chi connectivity index (χ1v) is 6.96. The van der Waals surface area contributed by atoms with Crippen LogP contribution in [0.5, 0.6) is 0 Å². The van der Waals surface area contributed by atoms with Crippen molar-refractivity contribution in [3.63, 3.8) is 0 Å².